The van der Waals surface area contributed by atoms with Gasteiger partial charge in [-0.05, 0) is 31.5 Å². The van der Waals surface area contributed by atoms with Crippen molar-refractivity contribution in [3.63, 3.8) is 0 Å². The zero-order chi connectivity index (χ0) is 12.1. The molecule has 4 heteroatoms. The van der Waals surface area contributed by atoms with Crippen molar-refractivity contribution in [3.05, 3.63) is 29.8 Å². The van der Waals surface area contributed by atoms with Gasteiger partial charge in [-0.15, -0.1) is 0 Å². The molecule has 1 heterocycles. The van der Waals surface area contributed by atoms with Gasteiger partial charge in [0.05, 0.1) is 7.11 Å². The molecule has 2 rings (SSSR count). The van der Waals surface area contributed by atoms with Crippen molar-refractivity contribution >= 4 is 5.97 Å². The van der Waals surface area contributed by atoms with Crippen LogP contribution in [0.4, 0.5) is 0 Å². The van der Waals surface area contributed by atoms with Gasteiger partial charge in [0.1, 0.15) is 17.4 Å². The molecule has 1 atom stereocenters. The van der Waals surface area contributed by atoms with Gasteiger partial charge in [-0.3, -0.25) is 0 Å². The van der Waals surface area contributed by atoms with Gasteiger partial charge < -0.3 is 14.8 Å². The van der Waals surface area contributed by atoms with Crippen molar-refractivity contribution in [1.29, 1.82) is 0 Å². The average Bonchev–Trinajstić information content (AvgIpc) is 2.40. The fraction of sp³-hybridized carbons (Fsp3) is 0.462. The molecule has 1 aliphatic heterocycles. The molecule has 0 amide bonds. The molecule has 92 valence electrons. The van der Waals surface area contributed by atoms with E-state index in [0.717, 1.165) is 25.9 Å². The molecule has 0 aromatic heterocycles. The van der Waals surface area contributed by atoms with Crippen LogP contribution in [0.25, 0.3) is 0 Å². The summed E-state index contributed by atoms with van der Waals surface area (Å²) in [6.07, 6.45) is 2.25. The molecule has 0 radical (unpaired) electrons. The van der Waals surface area contributed by atoms with E-state index >= 15 is 0 Å². The maximum Gasteiger partial charge on any atom is 0.341 e. The number of esters is 1. The zero-order valence-corrected chi connectivity index (χ0v) is 9.94. The first-order valence-corrected chi connectivity index (χ1v) is 5.86. The molecule has 1 aromatic rings. The lowest BCUT2D eigenvalue weighted by atomic mass is 10.1. The third-order valence-electron chi connectivity index (χ3n) is 2.84. The van der Waals surface area contributed by atoms with Crippen LogP contribution in [0.3, 0.4) is 0 Å². The predicted octanol–water partition coefficient (Wildman–Crippen LogP) is 1.60. The molecule has 1 aliphatic rings. The second-order valence-corrected chi connectivity index (χ2v) is 4.07. The largest absolute Gasteiger partial charge is 0.488 e. The lowest BCUT2D eigenvalue weighted by Gasteiger charge is -2.24. The monoisotopic (exact) mass is 235 g/mol. The van der Waals surface area contributed by atoms with E-state index in [-0.39, 0.29) is 12.1 Å². The van der Waals surface area contributed by atoms with Gasteiger partial charge in [-0.25, -0.2) is 4.79 Å². The molecule has 1 N–H and O–H groups in total. The molecular weight excluding hydrogens is 218 g/mol. The van der Waals surface area contributed by atoms with E-state index in [1.165, 1.54) is 7.11 Å². The van der Waals surface area contributed by atoms with Gasteiger partial charge in [0.15, 0.2) is 0 Å². The Morgan fingerprint density at radius 1 is 1.41 bits per heavy atom. The van der Waals surface area contributed by atoms with E-state index in [2.05, 4.69) is 5.32 Å². The molecule has 1 aromatic carbocycles. The third kappa shape index (κ3) is 2.97. The zero-order valence-electron chi connectivity index (χ0n) is 9.94. The Morgan fingerprint density at radius 2 is 2.24 bits per heavy atom. The van der Waals surface area contributed by atoms with Crippen LogP contribution in [0.5, 0.6) is 5.75 Å². The number of benzene rings is 1. The van der Waals surface area contributed by atoms with Crippen molar-refractivity contribution in [2.45, 2.75) is 18.9 Å². The van der Waals surface area contributed by atoms with Crippen LogP contribution in [0.2, 0.25) is 0 Å². The second-order valence-electron chi connectivity index (χ2n) is 4.07. The van der Waals surface area contributed by atoms with Gasteiger partial charge in [0.2, 0.25) is 0 Å². The first-order valence-electron chi connectivity index (χ1n) is 5.86. The summed E-state index contributed by atoms with van der Waals surface area (Å²) in [5.74, 6) is 0.248. The lowest BCUT2D eigenvalue weighted by Crippen LogP contribution is -2.37. The minimum atomic E-state index is -0.357. The molecule has 4 nitrogen and oxygen atoms in total. The summed E-state index contributed by atoms with van der Waals surface area (Å²) in [5.41, 5.74) is 0.487. The van der Waals surface area contributed by atoms with Gasteiger partial charge >= 0.3 is 5.97 Å². The van der Waals surface area contributed by atoms with Crippen LogP contribution >= 0.6 is 0 Å². The lowest BCUT2D eigenvalue weighted by molar-refractivity contribution is 0.0591. The standard InChI is InChI=1S/C13H17NO3/c1-16-13(15)11-6-2-3-7-12(11)17-10-5-4-8-14-9-10/h2-3,6-7,10,14H,4-5,8-9H2,1H3. The van der Waals surface area contributed by atoms with E-state index in [9.17, 15) is 4.79 Å². The Balaban J connectivity index is 2.11. The minimum absolute atomic E-state index is 0.134. The van der Waals surface area contributed by atoms with Crippen molar-refractivity contribution in [3.8, 4) is 5.75 Å². The Kier molecular flexibility index (Phi) is 3.98. The first-order chi connectivity index (χ1) is 8.31. The van der Waals surface area contributed by atoms with Crippen molar-refractivity contribution in [2.75, 3.05) is 20.2 Å². The third-order valence-corrected chi connectivity index (χ3v) is 2.84. The highest BCUT2D eigenvalue weighted by Gasteiger charge is 2.18. The predicted molar refractivity (Wildman–Crippen MR) is 64.3 cm³/mol. The van der Waals surface area contributed by atoms with Gasteiger partial charge in [-0.1, -0.05) is 12.1 Å². The van der Waals surface area contributed by atoms with Crippen molar-refractivity contribution < 1.29 is 14.3 Å². The highest BCUT2D eigenvalue weighted by atomic mass is 16.5. The molecule has 1 unspecified atom stereocenters. The van der Waals surface area contributed by atoms with Gasteiger partial charge in [-0.2, -0.15) is 0 Å². The number of hydrogen-bond acceptors (Lipinski definition) is 4. The summed E-state index contributed by atoms with van der Waals surface area (Å²) in [5, 5.41) is 3.28. The minimum Gasteiger partial charge on any atom is -0.488 e. The summed E-state index contributed by atoms with van der Waals surface area (Å²) >= 11 is 0. The molecule has 1 fully saturated rings. The molecule has 0 saturated carbocycles. The highest BCUT2D eigenvalue weighted by molar-refractivity contribution is 5.92. The van der Waals surface area contributed by atoms with Crippen LogP contribution in [-0.4, -0.2) is 32.3 Å². The topological polar surface area (TPSA) is 47.6 Å². The van der Waals surface area contributed by atoms with Crippen molar-refractivity contribution in [1.82, 2.24) is 5.32 Å². The number of methoxy groups -OCH3 is 1. The Bertz CT molecular complexity index is 386. The molecule has 0 bridgehead atoms. The van der Waals surface area contributed by atoms with E-state index in [4.69, 9.17) is 9.47 Å². The smallest absolute Gasteiger partial charge is 0.341 e. The SMILES string of the molecule is COC(=O)c1ccccc1OC1CCCNC1. The maximum atomic E-state index is 11.6. The van der Waals surface area contributed by atoms with Crippen LogP contribution in [0.1, 0.15) is 23.2 Å². The Morgan fingerprint density at radius 3 is 2.94 bits per heavy atom. The molecule has 1 saturated heterocycles. The number of ether oxygens (including phenoxy) is 2. The number of carbonyl (C=O) groups is 1. The van der Waals surface area contributed by atoms with Crippen LogP contribution < -0.4 is 10.1 Å². The number of carbonyl (C=O) groups excluding carboxylic acids is 1. The van der Waals surface area contributed by atoms with Crippen LogP contribution in [0, 0.1) is 0 Å². The van der Waals surface area contributed by atoms with E-state index < -0.39 is 0 Å². The van der Waals surface area contributed by atoms with Crippen molar-refractivity contribution in [2.24, 2.45) is 0 Å². The normalized spacial score (nSPS) is 19.7. The number of rotatable bonds is 3. The number of nitrogens with one attached hydrogen (secondary N) is 1. The summed E-state index contributed by atoms with van der Waals surface area (Å²) in [6.45, 7) is 1.87. The highest BCUT2D eigenvalue weighted by Crippen LogP contribution is 2.21. The summed E-state index contributed by atoms with van der Waals surface area (Å²) in [7, 11) is 1.38. The van der Waals surface area contributed by atoms with Gasteiger partial charge in [0.25, 0.3) is 0 Å². The van der Waals surface area contributed by atoms with Gasteiger partial charge in [0, 0.05) is 6.54 Å². The fourth-order valence-electron chi connectivity index (χ4n) is 1.95. The number of piperidine rings is 1. The van der Waals surface area contributed by atoms with Crippen LogP contribution in [0.15, 0.2) is 24.3 Å². The maximum absolute atomic E-state index is 11.6. The Labute approximate surface area is 101 Å². The van der Waals surface area contributed by atoms with E-state index in [0.29, 0.717) is 11.3 Å². The number of hydrogen-bond donors (Lipinski definition) is 1. The van der Waals surface area contributed by atoms with E-state index in [1.807, 2.05) is 6.07 Å². The average molecular weight is 235 g/mol. The molecule has 17 heavy (non-hydrogen) atoms. The van der Waals surface area contributed by atoms with Crippen LogP contribution in [-0.2, 0) is 4.74 Å². The molecular formula is C13H17NO3. The molecule has 0 aliphatic carbocycles. The second kappa shape index (κ2) is 5.68. The van der Waals surface area contributed by atoms with E-state index in [1.54, 1.807) is 18.2 Å². The quantitative estimate of drug-likeness (QED) is 0.808. The fourth-order valence-corrected chi connectivity index (χ4v) is 1.95. The first kappa shape index (κ1) is 11.9. The summed E-state index contributed by atoms with van der Waals surface area (Å²) in [4.78, 5) is 11.6. The summed E-state index contributed by atoms with van der Waals surface area (Å²) < 4.78 is 10.6. The Hall–Kier alpha value is -1.55. The summed E-state index contributed by atoms with van der Waals surface area (Å²) in [6, 6.07) is 7.19. The number of para-hydroxylation sites is 1. The molecule has 0 spiro atoms.